The molecule has 0 aliphatic heterocycles. The van der Waals surface area contributed by atoms with Gasteiger partial charge in [0.15, 0.2) is 0 Å². The molecule has 0 spiro atoms. The predicted octanol–water partition coefficient (Wildman–Crippen LogP) is 11.8. The molecule has 0 bridgehead atoms. The molecular formula is C45H35N3. The van der Waals surface area contributed by atoms with Crippen LogP contribution in [0.5, 0.6) is 0 Å². The van der Waals surface area contributed by atoms with E-state index in [4.69, 9.17) is 0 Å². The fraction of sp³-hybridized carbons (Fsp3) is 0.111. The maximum Gasteiger partial charge on any atom is 0.0641 e. The van der Waals surface area contributed by atoms with Gasteiger partial charge in [0.1, 0.15) is 0 Å². The standard InChI is InChI=1S/C45H35N3/c1-45(2)38-27-30(46-29-13-5-3-6-14-29)21-23-33(38)34-24-22-32(28-39(34)45)48-40-19-11-9-17-35(40)36-25-26-42-43(44(36)48)37-18-10-12-20-41(37)47(42)31-15-7-4-8-16-31/h3-5,7-13,15-28,46H,6,14H2,1-2H3. The van der Waals surface area contributed by atoms with Gasteiger partial charge in [-0.05, 0) is 95.8 Å². The summed E-state index contributed by atoms with van der Waals surface area (Å²) in [7, 11) is 0. The number of nitrogens with one attached hydrogen (secondary N) is 1. The van der Waals surface area contributed by atoms with Gasteiger partial charge in [-0.25, -0.2) is 0 Å². The van der Waals surface area contributed by atoms with Crippen LogP contribution in [0, 0.1) is 0 Å². The number of hydrogen-bond donors (Lipinski definition) is 1. The Kier molecular flexibility index (Phi) is 5.75. The highest BCUT2D eigenvalue weighted by atomic mass is 15.0. The van der Waals surface area contributed by atoms with Crippen molar-refractivity contribution in [3.63, 3.8) is 0 Å². The van der Waals surface area contributed by atoms with E-state index in [0.717, 1.165) is 18.5 Å². The molecule has 0 amide bonds. The van der Waals surface area contributed by atoms with E-state index in [1.165, 1.54) is 82.9 Å². The zero-order chi connectivity index (χ0) is 32.0. The van der Waals surface area contributed by atoms with E-state index in [1.54, 1.807) is 0 Å². The van der Waals surface area contributed by atoms with Crippen molar-refractivity contribution >= 4 is 49.3 Å². The minimum absolute atomic E-state index is 0.142. The number of allylic oxidation sites excluding steroid dienone is 4. The lowest BCUT2D eigenvalue weighted by Gasteiger charge is -2.23. The predicted molar refractivity (Wildman–Crippen MR) is 203 cm³/mol. The Hall–Kier alpha value is -5.80. The maximum absolute atomic E-state index is 3.70. The molecule has 8 aromatic rings. The molecule has 0 unspecified atom stereocenters. The van der Waals surface area contributed by atoms with Crippen LogP contribution in [0.2, 0.25) is 0 Å². The number of benzene rings is 6. The molecule has 0 saturated heterocycles. The van der Waals surface area contributed by atoms with Gasteiger partial charge in [-0.3, -0.25) is 0 Å². The van der Waals surface area contributed by atoms with Crippen LogP contribution in [-0.4, -0.2) is 9.13 Å². The summed E-state index contributed by atoms with van der Waals surface area (Å²) in [5.74, 6) is 0. The van der Waals surface area contributed by atoms with Crippen LogP contribution in [0.3, 0.4) is 0 Å². The first-order valence-corrected chi connectivity index (χ1v) is 17.0. The second-order valence-corrected chi connectivity index (χ2v) is 13.8. The first kappa shape index (κ1) is 27.3. The molecule has 2 aliphatic rings. The van der Waals surface area contributed by atoms with Crippen LogP contribution in [-0.2, 0) is 5.41 Å². The van der Waals surface area contributed by atoms with E-state index in [9.17, 15) is 0 Å². The molecule has 0 fully saturated rings. The summed E-state index contributed by atoms with van der Waals surface area (Å²) >= 11 is 0. The average Bonchev–Trinajstić information content (AvgIpc) is 3.72. The summed E-state index contributed by atoms with van der Waals surface area (Å²) in [6, 6.07) is 47.2. The number of hydrogen-bond acceptors (Lipinski definition) is 1. The van der Waals surface area contributed by atoms with Gasteiger partial charge in [0.25, 0.3) is 0 Å². The van der Waals surface area contributed by atoms with Crippen molar-refractivity contribution in [2.75, 3.05) is 5.32 Å². The molecule has 230 valence electrons. The number of para-hydroxylation sites is 3. The molecule has 0 saturated carbocycles. The van der Waals surface area contributed by atoms with Crippen LogP contribution in [0.1, 0.15) is 37.8 Å². The molecule has 6 aromatic carbocycles. The topological polar surface area (TPSA) is 21.9 Å². The van der Waals surface area contributed by atoms with Crippen molar-refractivity contribution in [2.45, 2.75) is 32.1 Å². The van der Waals surface area contributed by atoms with Gasteiger partial charge in [0, 0.05) is 49.7 Å². The van der Waals surface area contributed by atoms with Crippen LogP contribution in [0.25, 0.3) is 66.1 Å². The van der Waals surface area contributed by atoms with Crippen molar-refractivity contribution in [3.05, 3.63) is 162 Å². The number of nitrogens with zero attached hydrogens (tertiary/aromatic N) is 2. The number of rotatable bonds is 4. The lowest BCUT2D eigenvalue weighted by Crippen LogP contribution is -2.16. The minimum atomic E-state index is -0.142. The van der Waals surface area contributed by atoms with Gasteiger partial charge >= 0.3 is 0 Å². The monoisotopic (exact) mass is 617 g/mol. The molecule has 0 atom stereocenters. The Labute approximate surface area is 280 Å². The third kappa shape index (κ3) is 3.82. The van der Waals surface area contributed by atoms with E-state index >= 15 is 0 Å². The summed E-state index contributed by atoms with van der Waals surface area (Å²) in [6.45, 7) is 4.76. The lowest BCUT2D eigenvalue weighted by atomic mass is 9.82. The molecular weight excluding hydrogens is 583 g/mol. The smallest absolute Gasteiger partial charge is 0.0641 e. The second-order valence-electron chi connectivity index (χ2n) is 13.8. The third-order valence-corrected chi connectivity index (χ3v) is 10.7. The van der Waals surface area contributed by atoms with Crippen molar-refractivity contribution < 1.29 is 0 Å². The first-order valence-electron chi connectivity index (χ1n) is 17.0. The third-order valence-electron chi connectivity index (χ3n) is 10.7. The molecule has 1 N–H and O–H groups in total. The van der Waals surface area contributed by atoms with E-state index in [-0.39, 0.29) is 5.41 Å². The fourth-order valence-corrected chi connectivity index (χ4v) is 8.47. The summed E-state index contributed by atoms with van der Waals surface area (Å²) in [5.41, 5.74) is 15.0. The Morgan fingerprint density at radius 2 is 1.29 bits per heavy atom. The van der Waals surface area contributed by atoms with Crippen molar-refractivity contribution in [2.24, 2.45) is 0 Å². The zero-order valence-electron chi connectivity index (χ0n) is 27.2. The molecule has 2 heterocycles. The van der Waals surface area contributed by atoms with E-state index in [2.05, 4.69) is 174 Å². The largest absolute Gasteiger partial charge is 0.359 e. The Morgan fingerprint density at radius 3 is 2.08 bits per heavy atom. The molecule has 10 rings (SSSR count). The molecule has 2 aliphatic carbocycles. The molecule has 0 radical (unpaired) electrons. The molecule has 3 heteroatoms. The van der Waals surface area contributed by atoms with Gasteiger partial charge < -0.3 is 14.5 Å². The Bertz CT molecular complexity index is 2660. The summed E-state index contributed by atoms with van der Waals surface area (Å²) in [5, 5.41) is 8.80. The van der Waals surface area contributed by atoms with Crippen molar-refractivity contribution in [1.29, 1.82) is 0 Å². The normalized spacial score (nSPS) is 14.9. The number of fused-ring (bicyclic) bond motifs is 10. The van der Waals surface area contributed by atoms with Crippen LogP contribution < -0.4 is 5.32 Å². The number of anilines is 1. The van der Waals surface area contributed by atoms with Crippen LogP contribution in [0.15, 0.2) is 151 Å². The van der Waals surface area contributed by atoms with Crippen LogP contribution >= 0.6 is 0 Å². The van der Waals surface area contributed by atoms with Crippen molar-refractivity contribution in [1.82, 2.24) is 9.13 Å². The van der Waals surface area contributed by atoms with Gasteiger partial charge in [-0.15, -0.1) is 0 Å². The Balaban J connectivity index is 1.21. The Morgan fingerprint density at radius 1 is 0.583 bits per heavy atom. The first-order chi connectivity index (χ1) is 23.6. The molecule has 2 aromatic heterocycles. The quantitative estimate of drug-likeness (QED) is 0.208. The van der Waals surface area contributed by atoms with Crippen molar-refractivity contribution in [3.8, 4) is 22.5 Å². The summed E-state index contributed by atoms with van der Waals surface area (Å²) in [6.07, 6.45) is 8.72. The average molecular weight is 618 g/mol. The molecule has 48 heavy (non-hydrogen) atoms. The van der Waals surface area contributed by atoms with Gasteiger partial charge in [-0.2, -0.15) is 0 Å². The number of aromatic nitrogens is 2. The van der Waals surface area contributed by atoms with E-state index in [0.29, 0.717) is 0 Å². The highest BCUT2D eigenvalue weighted by molar-refractivity contribution is 6.26. The van der Waals surface area contributed by atoms with Gasteiger partial charge in [0.05, 0.1) is 22.1 Å². The fourth-order valence-electron chi connectivity index (χ4n) is 8.47. The summed E-state index contributed by atoms with van der Waals surface area (Å²) in [4.78, 5) is 0. The second kappa shape index (κ2) is 10.1. The SMILES string of the molecule is CC1(C)c2cc(NC3=CC=CCC3)ccc2-c2ccc(-n3c4ccccc4c4ccc5c(c6ccccc6n5-c5ccccc5)c43)cc21. The van der Waals surface area contributed by atoms with E-state index in [1.807, 2.05) is 0 Å². The highest BCUT2D eigenvalue weighted by Crippen LogP contribution is 2.51. The summed E-state index contributed by atoms with van der Waals surface area (Å²) < 4.78 is 4.93. The lowest BCUT2D eigenvalue weighted by molar-refractivity contribution is 0.660. The molecule has 3 nitrogen and oxygen atoms in total. The highest BCUT2D eigenvalue weighted by Gasteiger charge is 2.36. The minimum Gasteiger partial charge on any atom is -0.359 e. The van der Waals surface area contributed by atoms with E-state index < -0.39 is 0 Å². The van der Waals surface area contributed by atoms with Gasteiger partial charge in [-0.1, -0.05) is 98.8 Å². The maximum atomic E-state index is 3.70. The van der Waals surface area contributed by atoms with Gasteiger partial charge in [0.2, 0.25) is 0 Å². The zero-order valence-corrected chi connectivity index (χ0v) is 27.2. The van der Waals surface area contributed by atoms with Crippen LogP contribution in [0.4, 0.5) is 5.69 Å².